The van der Waals surface area contributed by atoms with Gasteiger partial charge >= 0.3 is 0 Å². The number of benzene rings is 3. The summed E-state index contributed by atoms with van der Waals surface area (Å²) < 4.78 is 32.9. The minimum Gasteiger partial charge on any atom is -0.495 e. The number of amides is 1. The molecule has 3 rings (SSSR count). The molecule has 3 aromatic carbocycles. The lowest BCUT2D eigenvalue weighted by atomic mass is 10.1. The Morgan fingerprint density at radius 2 is 1.63 bits per heavy atom. The lowest BCUT2D eigenvalue weighted by Gasteiger charge is -2.12. The Hall–Kier alpha value is -2.97. The lowest BCUT2D eigenvalue weighted by molar-refractivity contribution is 0.102. The van der Waals surface area contributed by atoms with E-state index in [1.54, 1.807) is 54.6 Å². The molecule has 0 heterocycles. The summed E-state index contributed by atoms with van der Waals surface area (Å²) in [5, 5.41) is 2.82. The minimum absolute atomic E-state index is 0.175. The van der Waals surface area contributed by atoms with E-state index in [0.717, 1.165) is 10.5 Å². The molecule has 0 saturated carbocycles. The van der Waals surface area contributed by atoms with Crippen LogP contribution in [0.5, 0.6) is 5.75 Å². The topological polar surface area (TPSA) is 84.5 Å². The number of thioether (sulfide) groups is 1. The van der Waals surface area contributed by atoms with Crippen LogP contribution in [-0.2, 0) is 10.0 Å². The molecule has 0 aliphatic carbocycles. The molecule has 0 saturated heterocycles. The second kappa shape index (κ2) is 9.23. The van der Waals surface area contributed by atoms with Crippen molar-refractivity contribution in [1.82, 2.24) is 0 Å². The van der Waals surface area contributed by atoms with E-state index in [4.69, 9.17) is 4.74 Å². The predicted molar refractivity (Wildman–Crippen MR) is 121 cm³/mol. The van der Waals surface area contributed by atoms with E-state index < -0.39 is 10.0 Å². The molecule has 0 radical (unpaired) electrons. The van der Waals surface area contributed by atoms with Crippen molar-refractivity contribution in [2.75, 3.05) is 23.4 Å². The van der Waals surface area contributed by atoms with Gasteiger partial charge in [-0.05, 0) is 79.4 Å². The van der Waals surface area contributed by atoms with Crippen LogP contribution in [0.15, 0.2) is 76.5 Å². The number of carbonyl (C=O) groups is 1. The molecule has 2 N–H and O–H groups in total. The van der Waals surface area contributed by atoms with Crippen LogP contribution in [-0.4, -0.2) is 27.7 Å². The number of methoxy groups -OCH3 is 1. The molecular weight excluding hydrogens is 420 g/mol. The van der Waals surface area contributed by atoms with Crippen molar-refractivity contribution < 1.29 is 17.9 Å². The molecule has 0 atom stereocenters. The molecule has 0 unspecified atom stereocenters. The summed E-state index contributed by atoms with van der Waals surface area (Å²) in [5.74, 6) is 0.242. The molecule has 0 spiro atoms. The van der Waals surface area contributed by atoms with Crippen LogP contribution in [0, 0.1) is 6.92 Å². The van der Waals surface area contributed by atoms with Gasteiger partial charge in [0.05, 0.1) is 17.7 Å². The smallest absolute Gasteiger partial charge is 0.261 e. The number of nitrogens with one attached hydrogen (secondary N) is 2. The van der Waals surface area contributed by atoms with E-state index >= 15 is 0 Å². The van der Waals surface area contributed by atoms with Crippen LogP contribution in [0.4, 0.5) is 11.4 Å². The summed E-state index contributed by atoms with van der Waals surface area (Å²) in [6, 6.07) is 18.4. The Bertz CT molecular complexity index is 1140. The average molecular weight is 443 g/mol. The molecule has 0 fully saturated rings. The first-order chi connectivity index (χ1) is 14.3. The summed E-state index contributed by atoms with van der Waals surface area (Å²) >= 11 is 1.54. The van der Waals surface area contributed by atoms with Gasteiger partial charge in [0.25, 0.3) is 15.9 Å². The lowest BCUT2D eigenvalue weighted by Crippen LogP contribution is -2.14. The first-order valence-corrected chi connectivity index (χ1v) is 11.8. The van der Waals surface area contributed by atoms with Crippen LogP contribution < -0.4 is 14.8 Å². The van der Waals surface area contributed by atoms with Gasteiger partial charge in [-0.1, -0.05) is 6.07 Å². The van der Waals surface area contributed by atoms with E-state index in [0.29, 0.717) is 22.7 Å². The highest BCUT2D eigenvalue weighted by molar-refractivity contribution is 7.98. The third-order valence-electron chi connectivity index (χ3n) is 4.37. The molecule has 0 aliphatic heterocycles. The van der Waals surface area contributed by atoms with E-state index in [2.05, 4.69) is 10.0 Å². The fraction of sp³-hybridized carbons (Fsp3) is 0.136. The highest BCUT2D eigenvalue weighted by atomic mass is 32.2. The van der Waals surface area contributed by atoms with Gasteiger partial charge in [0, 0.05) is 16.1 Å². The zero-order valence-corrected chi connectivity index (χ0v) is 18.4. The number of hydrogen-bond acceptors (Lipinski definition) is 5. The monoisotopic (exact) mass is 442 g/mol. The van der Waals surface area contributed by atoms with Gasteiger partial charge < -0.3 is 10.1 Å². The maximum Gasteiger partial charge on any atom is 0.261 e. The van der Waals surface area contributed by atoms with Gasteiger partial charge in [-0.2, -0.15) is 0 Å². The van der Waals surface area contributed by atoms with Gasteiger partial charge in [0.1, 0.15) is 5.75 Å². The molecule has 0 bridgehead atoms. The van der Waals surface area contributed by atoms with E-state index in [-0.39, 0.29) is 10.8 Å². The van der Waals surface area contributed by atoms with Gasteiger partial charge in [-0.15, -0.1) is 11.8 Å². The second-order valence-corrected chi connectivity index (χ2v) is 9.08. The van der Waals surface area contributed by atoms with Crippen LogP contribution in [0.2, 0.25) is 0 Å². The molecular formula is C22H22N2O4S2. The number of aryl methyl sites for hydroxylation is 1. The van der Waals surface area contributed by atoms with Gasteiger partial charge in [-0.25, -0.2) is 8.42 Å². The average Bonchev–Trinajstić information content (AvgIpc) is 2.74. The number of carbonyl (C=O) groups excluding carboxylic acids is 1. The summed E-state index contributed by atoms with van der Waals surface area (Å²) in [5.41, 5.74) is 2.32. The second-order valence-electron chi connectivity index (χ2n) is 6.52. The first kappa shape index (κ1) is 21.7. The molecule has 156 valence electrons. The summed E-state index contributed by atoms with van der Waals surface area (Å²) in [4.78, 5) is 13.7. The van der Waals surface area contributed by atoms with E-state index in [1.165, 1.54) is 18.9 Å². The van der Waals surface area contributed by atoms with Crippen molar-refractivity contribution >= 4 is 39.1 Å². The number of sulfonamides is 1. The summed E-state index contributed by atoms with van der Waals surface area (Å²) in [6.07, 6.45) is 1.93. The van der Waals surface area contributed by atoms with Gasteiger partial charge in [-0.3, -0.25) is 9.52 Å². The molecule has 0 aromatic heterocycles. The first-order valence-electron chi connectivity index (χ1n) is 9.05. The Labute approximate surface area is 180 Å². The maximum absolute atomic E-state index is 12.6. The minimum atomic E-state index is -3.71. The summed E-state index contributed by atoms with van der Waals surface area (Å²) in [7, 11) is -2.17. The molecule has 6 nitrogen and oxygen atoms in total. The van der Waals surface area contributed by atoms with Crippen molar-refractivity contribution in [2.45, 2.75) is 16.7 Å². The van der Waals surface area contributed by atoms with Crippen LogP contribution >= 0.6 is 11.8 Å². The predicted octanol–water partition coefficient (Wildman–Crippen LogP) is 4.78. The Kier molecular flexibility index (Phi) is 6.69. The number of ether oxygens (including phenoxy) is 1. The van der Waals surface area contributed by atoms with Crippen molar-refractivity contribution in [3.05, 3.63) is 77.9 Å². The van der Waals surface area contributed by atoms with Crippen LogP contribution in [0.25, 0.3) is 0 Å². The number of rotatable bonds is 7. The van der Waals surface area contributed by atoms with Crippen molar-refractivity contribution in [1.29, 1.82) is 0 Å². The zero-order chi connectivity index (χ0) is 21.7. The highest BCUT2D eigenvalue weighted by Crippen LogP contribution is 2.26. The largest absolute Gasteiger partial charge is 0.495 e. The van der Waals surface area contributed by atoms with E-state index in [1.807, 2.05) is 25.3 Å². The molecule has 3 aromatic rings. The Balaban J connectivity index is 1.72. The highest BCUT2D eigenvalue weighted by Gasteiger charge is 2.15. The fourth-order valence-corrected chi connectivity index (χ4v) is 4.24. The SMILES string of the molecule is COc1ccc(C)cc1NC(=O)c1ccc(NS(=O)(=O)c2ccc(SC)cc2)cc1. The molecule has 30 heavy (non-hydrogen) atoms. The van der Waals surface area contributed by atoms with Gasteiger partial charge in [0.15, 0.2) is 0 Å². The fourth-order valence-electron chi connectivity index (χ4n) is 2.77. The van der Waals surface area contributed by atoms with Crippen molar-refractivity contribution in [3.63, 3.8) is 0 Å². The summed E-state index contributed by atoms with van der Waals surface area (Å²) in [6.45, 7) is 1.92. The Morgan fingerprint density at radius 1 is 0.967 bits per heavy atom. The van der Waals surface area contributed by atoms with E-state index in [9.17, 15) is 13.2 Å². The third kappa shape index (κ3) is 5.14. The number of hydrogen-bond donors (Lipinski definition) is 2. The third-order valence-corrected chi connectivity index (χ3v) is 6.51. The van der Waals surface area contributed by atoms with Crippen molar-refractivity contribution in [3.8, 4) is 5.75 Å². The number of anilines is 2. The molecule has 8 heteroatoms. The zero-order valence-electron chi connectivity index (χ0n) is 16.8. The molecule has 1 amide bonds. The normalized spacial score (nSPS) is 11.0. The molecule has 0 aliphatic rings. The Morgan fingerprint density at radius 3 is 2.23 bits per heavy atom. The quantitative estimate of drug-likeness (QED) is 0.515. The van der Waals surface area contributed by atoms with Gasteiger partial charge in [0.2, 0.25) is 0 Å². The van der Waals surface area contributed by atoms with Crippen LogP contribution in [0.1, 0.15) is 15.9 Å². The standard InChI is InChI=1S/C22H22N2O4S2/c1-15-4-13-21(28-2)20(14-15)23-22(25)16-5-7-17(8-6-16)24-30(26,27)19-11-9-18(29-3)10-12-19/h4-14,24H,1-3H3,(H,23,25). The van der Waals surface area contributed by atoms with Crippen LogP contribution in [0.3, 0.4) is 0 Å². The van der Waals surface area contributed by atoms with Crippen molar-refractivity contribution in [2.24, 2.45) is 0 Å². The maximum atomic E-state index is 12.6.